The summed E-state index contributed by atoms with van der Waals surface area (Å²) in [5.41, 5.74) is 2.43. The number of hydrogen-bond acceptors (Lipinski definition) is 3. The first-order chi connectivity index (χ1) is 14.2. The average molecular weight is 393 g/mol. The lowest BCUT2D eigenvalue weighted by Crippen LogP contribution is -2.40. The first-order valence-electron chi connectivity index (χ1n) is 10.9. The number of benzene rings is 2. The number of amides is 1. The van der Waals surface area contributed by atoms with Crippen molar-refractivity contribution in [1.29, 1.82) is 0 Å². The van der Waals surface area contributed by atoms with Crippen molar-refractivity contribution in [2.24, 2.45) is 5.92 Å². The number of hydrogen-bond donors (Lipinski definition) is 1. The summed E-state index contributed by atoms with van der Waals surface area (Å²) in [5, 5.41) is 3.68. The molecule has 29 heavy (non-hydrogen) atoms. The zero-order valence-electron chi connectivity index (χ0n) is 17.3. The molecule has 4 nitrogen and oxygen atoms in total. The fourth-order valence-corrected chi connectivity index (χ4v) is 4.87. The van der Waals surface area contributed by atoms with E-state index in [9.17, 15) is 4.79 Å². The van der Waals surface area contributed by atoms with Crippen LogP contribution in [0.3, 0.4) is 0 Å². The fraction of sp³-hybridized carbons (Fsp3) is 0.480. The first-order valence-corrected chi connectivity index (χ1v) is 10.9. The van der Waals surface area contributed by atoms with Crippen LogP contribution in [-0.2, 0) is 17.8 Å². The minimum Gasteiger partial charge on any atom is -0.497 e. The lowest BCUT2D eigenvalue weighted by Gasteiger charge is -2.31. The van der Waals surface area contributed by atoms with Crippen LogP contribution in [0.1, 0.15) is 43.2 Å². The van der Waals surface area contributed by atoms with Gasteiger partial charge in [-0.15, -0.1) is 0 Å². The van der Waals surface area contributed by atoms with Crippen molar-refractivity contribution in [2.75, 3.05) is 13.7 Å². The minimum absolute atomic E-state index is 0.300. The van der Waals surface area contributed by atoms with Gasteiger partial charge in [0.05, 0.1) is 7.11 Å². The Morgan fingerprint density at radius 3 is 2.34 bits per heavy atom. The number of methoxy groups -OCH3 is 1. The Morgan fingerprint density at radius 2 is 1.69 bits per heavy atom. The zero-order chi connectivity index (χ0) is 20.1. The molecule has 0 radical (unpaired) electrons. The Bertz CT molecular complexity index is 778. The maximum atomic E-state index is 13.3. The molecule has 2 aromatic carbocycles. The van der Waals surface area contributed by atoms with Crippen LogP contribution in [0.4, 0.5) is 0 Å². The van der Waals surface area contributed by atoms with Gasteiger partial charge in [-0.3, -0.25) is 4.79 Å². The van der Waals surface area contributed by atoms with Crippen molar-refractivity contribution in [1.82, 2.24) is 10.2 Å². The quantitative estimate of drug-likeness (QED) is 0.732. The van der Waals surface area contributed by atoms with E-state index in [1.54, 1.807) is 7.11 Å². The van der Waals surface area contributed by atoms with E-state index in [1.807, 2.05) is 30.3 Å². The van der Waals surface area contributed by atoms with Crippen LogP contribution in [0.2, 0.25) is 0 Å². The van der Waals surface area contributed by atoms with Gasteiger partial charge < -0.3 is 15.0 Å². The summed E-state index contributed by atoms with van der Waals surface area (Å²) in [4.78, 5) is 15.3. The van der Waals surface area contributed by atoms with Crippen molar-refractivity contribution in [2.45, 2.75) is 57.2 Å². The lowest BCUT2D eigenvalue weighted by molar-refractivity contribution is -0.133. The molecule has 2 saturated heterocycles. The van der Waals surface area contributed by atoms with Gasteiger partial charge in [-0.1, -0.05) is 42.5 Å². The van der Waals surface area contributed by atoms with Crippen LogP contribution in [0.25, 0.3) is 0 Å². The van der Waals surface area contributed by atoms with E-state index < -0.39 is 0 Å². The van der Waals surface area contributed by atoms with Crippen LogP contribution >= 0.6 is 0 Å². The van der Waals surface area contributed by atoms with Gasteiger partial charge in [0.15, 0.2) is 0 Å². The predicted octanol–water partition coefficient (Wildman–Crippen LogP) is 4.19. The number of carbonyl (C=O) groups is 1. The van der Waals surface area contributed by atoms with Crippen molar-refractivity contribution in [3.8, 4) is 5.75 Å². The second-order valence-corrected chi connectivity index (χ2v) is 8.58. The summed E-state index contributed by atoms with van der Waals surface area (Å²) >= 11 is 0. The van der Waals surface area contributed by atoms with E-state index in [0.29, 0.717) is 36.9 Å². The molecule has 0 aromatic heterocycles. The van der Waals surface area contributed by atoms with Crippen molar-refractivity contribution in [3.05, 3.63) is 65.7 Å². The van der Waals surface area contributed by atoms with E-state index in [1.165, 1.54) is 24.0 Å². The predicted molar refractivity (Wildman–Crippen MR) is 116 cm³/mol. The maximum Gasteiger partial charge on any atom is 0.223 e. The molecule has 4 rings (SSSR count). The molecule has 1 amide bonds. The molecule has 2 unspecified atom stereocenters. The zero-order valence-corrected chi connectivity index (χ0v) is 17.3. The number of piperidine rings is 1. The number of nitrogens with one attached hydrogen (secondary N) is 1. The molecular formula is C25H32N2O2. The fourth-order valence-electron chi connectivity index (χ4n) is 4.87. The molecular weight excluding hydrogens is 360 g/mol. The molecule has 2 heterocycles. The molecule has 4 heteroatoms. The number of fused-ring (bicyclic) bond motifs is 2. The van der Waals surface area contributed by atoms with E-state index in [4.69, 9.17) is 4.74 Å². The van der Waals surface area contributed by atoms with Gasteiger partial charge in [0, 0.05) is 31.6 Å². The molecule has 154 valence electrons. The molecule has 1 N–H and O–H groups in total. The van der Waals surface area contributed by atoms with Crippen LogP contribution in [0.5, 0.6) is 5.75 Å². The van der Waals surface area contributed by atoms with E-state index in [-0.39, 0.29) is 0 Å². The van der Waals surface area contributed by atoms with E-state index in [2.05, 4.69) is 34.5 Å². The third-order valence-electron chi connectivity index (χ3n) is 6.43. The summed E-state index contributed by atoms with van der Waals surface area (Å²) in [7, 11) is 1.68. The van der Waals surface area contributed by atoms with Crippen LogP contribution in [0, 0.1) is 5.92 Å². The highest BCUT2D eigenvalue weighted by Crippen LogP contribution is 2.33. The molecule has 2 aromatic rings. The molecule has 2 aliphatic rings. The molecule has 2 bridgehead atoms. The van der Waals surface area contributed by atoms with E-state index >= 15 is 0 Å². The highest BCUT2D eigenvalue weighted by Gasteiger charge is 2.34. The molecule has 0 saturated carbocycles. The summed E-state index contributed by atoms with van der Waals surface area (Å²) in [5.74, 6) is 1.70. The summed E-state index contributed by atoms with van der Waals surface area (Å²) < 4.78 is 5.25. The van der Waals surface area contributed by atoms with Crippen LogP contribution in [0.15, 0.2) is 54.6 Å². The van der Waals surface area contributed by atoms with Crippen molar-refractivity contribution >= 4 is 5.91 Å². The molecule has 0 aliphatic carbocycles. The third-order valence-corrected chi connectivity index (χ3v) is 6.43. The second kappa shape index (κ2) is 9.45. The molecule has 2 atom stereocenters. The first kappa shape index (κ1) is 20.0. The largest absolute Gasteiger partial charge is 0.497 e. The van der Waals surface area contributed by atoms with Gasteiger partial charge in [-0.2, -0.15) is 0 Å². The Balaban J connectivity index is 1.40. The lowest BCUT2D eigenvalue weighted by atomic mass is 9.89. The molecule has 2 fully saturated rings. The smallest absolute Gasteiger partial charge is 0.223 e. The highest BCUT2D eigenvalue weighted by molar-refractivity contribution is 5.76. The Kier molecular flexibility index (Phi) is 6.50. The minimum atomic E-state index is 0.300. The monoisotopic (exact) mass is 392 g/mol. The van der Waals surface area contributed by atoms with Gasteiger partial charge in [-0.05, 0) is 61.3 Å². The van der Waals surface area contributed by atoms with Gasteiger partial charge >= 0.3 is 0 Å². The summed E-state index contributed by atoms with van der Waals surface area (Å²) in [6, 6.07) is 19.8. The Labute approximate surface area is 174 Å². The Morgan fingerprint density at radius 1 is 1.00 bits per heavy atom. The van der Waals surface area contributed by atoms with Crippen molar-refractivity contribution < 1.29 is 9.53 Å². The number of carbonyl (C=O) groups excluding carboxylic acids is 1. The maximum absolute atomic E-state index is 13.3. The summed E-state index contributed by atoms with van der Waals surface area (Å²) in [6.07, 6.45) is 6.41. The highest BCUT2D eigenvalue weighted by atomic mass is 16.5. The summed E-state index contributed by atoms with van der Waals surface area (Å²) in [6.45, 7) is 1.44. The normalized spacial score (nSPS) is 23.0. The van der Waals surface area contributed by atoms with E-state index in [0.717, 1.165) is 31.6 Å². The van der Waals surface area contributed by atoms with Gasteiger partial charge in [-0.25, -0.2) is 0 Å². The number of ether oxygens (including phenoxy) is 1. The standard InChI is InChI=1S/C25H32N2O2/c1-29-24-11-7-19(8-12-24)13-14-27(18-20-5-3-2-4-6-20)25(28)17-21-15-22-9-10-23(16-21)26-22/h2-8,11-12,21-23,26H,9-10,13-18H2,1H3. The average Bonchev–Trinajstić information content (AvgIpc) is 3.10. The van der Waals surface area contributed by atoms with Crippen LogP contribution in [-0.4, -0.2) is 36.5 Å². The van der Waals surface area contributed by atoms with Crippen LogP contribution < -0.4 is 10.1 Å². The van der Waals surface area contributed by atoms with Gasteiger partial charge in [0.25, 0.3) is 0 Å². The second-order valence-electron chi connectivity index (χ2n) is 8.58. The topological polar surface area (TPSA) is 41.6 Å². The molecule has 0 spiro atoms. The number of nitrogens with zero attached hydrogens (tertiary/aromatic N) is 1. The van der Waals surface area contributed by atoms with Crippen molar-refractivity contribution in [3.63, 3.8) is 0 Å². The Hall–Kier alpha value is -2.33. The SMILES string of the molecule is COc1ccc(CCN(Cc2ccccc2)C(=O)CC2CC3CCC(C2)N3)cc1. The van der Waals surface area contributed by atoms with Gasteiger partial charge in [0.2, 0.25) is 5.91 Å². The number of rotatable bonds is 8. The third kappa shape index (κ3) is 5.39. The molecule has 2 aliphatic heterocycles. The van der Waals surface area contributed by atoms with Gasteiger partial charge in [0.1, 0.15) is 5.75 Å².